The second-order valence-corrected chi connectivity index (χ2v) is 3.55. The molecule has 1 fully saturated rings. The zero-order valence-corrected chi connectivity index (χ0v) is 8.58. The number of carbonyl (C=O) groups excluding carboxylic acids is 1. The van der Waals surface area contributed by atoms with Gasteiger partial charge in [0.1, 0.15) is 0 Å². The molecule has 2 atom stereocenters. The normalized spacial score (nSPS) is 26.0. The second-order valence-electron chi connectivity index (χ2n) is 3.55. The van der Waals surface area contributed by atoms with Gasteiger partial charge in [-0.1, -0.05) is 12.8 Å². The van der Waals surface area contributed by atoms with Crippen molar-refractivity contribution in [3.63, 3.8) is 0 Å². The van der Waals surface area contributed by atoms with Crippen molar-refractivity contribution in [1.82, 2.24) is 5.32 Å². The van der Waals surface area contributed by atoms with Crippen LogP contribution in [0.4, 0.5) is 0 Å². The molecule has 2 unspecified atom stereocenters. The van der Waals surface area contributed by atoms with E-state index in [2.05, 4.69) is 18.2 Å². The summed E-state index contributed by atoms with van der Waals surface area (Å²) in [6.07, 6.45) is 6.39. The fourth-order valence-corrected chi connectivity index (χ4v) is 1.63. The van der Waals surface area contributed by atoms with Gasteiger partial charge in [-0.15, -0.1) is 6.42 Å². The maximum Gasteiger partial charge on any atom is 0.151 e. The van der Waals surface area contributed by atoms with Crippen molar-refractivity contribution in [2.24, 2.45) is 5.92 Å². The molecule has 0 spiro atoms. The molecule has 0 amide bonds. The molecule has 78 valence electrons. The Hall–Kier alpha value is -0.850. The summed E-state index contributed by atoms with van der Waals surface area (Å²) in [4.78, 5) is 11.6. The lowest BCUT2D eigenvalue weighted by molar-refractivity contribution is -0.122. The molecule has 0 radical (unpaired) electrons. The number of ether oxygens (including phenoxy) is 1. The molecule has 1 heterocycles. The third kappa shape index (κ3) is 2.83. The van der Waals surface area contributed by atoms with Crippen molar-refractivity contribution >= 4 is 5.78 Å². The lowest BCUT2D eigenvalue weighted by Crippen LogP contribution is -2.39. The van der Waals surface area contributed by atoms with Crippen LogP contribution in [0.5, 0.6) is 0 Å². The fraction of sp³-hybridized carbons (Fsp3) is 0.727. The first-order chi connectivity index (χ1) is 6.79. The van der Waals surface area contributed by atoms with Gasteiger partial charge in [0.05, 0.1) is 25.6 Å². The number of ketones is 1. The van der Waals surface area contributed by atoms with Gasteiger partial charge >= 0.3 is 0 Å². The van der Waals surface area contributed by atoms with Crippen molar-refractivity contribution in [3.8, 4) is 12.3 Å². The van der Waals surface area contributed by atoms with E-state index >= 15 is 0 Å². The molecule has 0 saturated carbocycles. The molecule has 1 rings (SSSR count). The van der Waals surface area contributed by atoms with E-state index in [0.717, 1.165) is 13.0 Å². The number of nitrogens with one attached hydrogen (secondary N) is 1. The Bertz CT molecular complexity index is 232. The molecule has 0 bridgehead atoms. The Kier molecular flexibility index (Phi) is 4.64. The van der Waals surface area contributed by atoms with Gasteiger partial charge in [0, 0.05) is 6.04 Å². The smallest absolute Gasteiger partial charge is 0.151 e. The summed E-state index contributed by atoms with van der Waals surface area (Å²) in [5.74, 6) is 2.47. The highest BCUT2D eigenvalue weighted by Gasteiger charge is 2.32. The highest BCUT2D eigenvalue weighted by atomic mass is 16.5. The minimum absolute atomic E-state index is 0.0439. The van der Waals surface area contributed by atoms with E-state index in [9.17, 15) is 4.79 Å². The van der Waals surface area contributed by atoms with E-state index in [0.29, 0.717) is 13.2 Å². The van der Waals surface area contributed by atoms with Gasteiger partial charge in [0.15, 0.2) is 5.78 Å². The zero-order valence-electron chi connectivity index (χ0n) is 8.58. The van der Waals surface area contributed by atoms with Crippen LogP contribution in [-0.4, -0.2) is 31.6 Å². The third-order valence-corrected chi connectivity index (χ3v) is 2.43. The number of hydrogen-bond acceptors (Lipinski definition) is 3. The molecule has 1 N–H and O–H groups in total. The first-order valence-corrected chi connectivity index (χ1v) is 5.07. The topological polar surface area (TPSA) is 38.3 Å². The highest BCUT2D eigenvalue weighted by molar-refractivity contribution is 5.84. The van der Waals surface area contributed by atoms with E-state index in [1.165, 1.54) is 0 Å². The van der Waals surface area contributed by atoms with Crippen LogP contribution in [0.2, 0.25) is 0 Å². The Morgan fingerprint density at radius 3 is 3.07 bits per heavy atom. The van der Waals surface area contributed by atoms with Gasteiger partial charge in [-0.3, -0.25) is 4.79 Å². The van der Waals surface area contributed by atoms with Gasteiger partial charge in [0.2, 0.25) is 0 Å². The van der Waals surface area contributed by atoms with E-state index in [4.69, 9.17) is 11.2 Å². The number of terminal acetylenes is 1. The summed E-state index contributed by atoms with van der Waals surface area (Å²) in [5.41, 5.74) is 0. The van der Waals surface area contributed by atoms with Crippen LogP contribution in [0.25, 0.3) is 0 Å². The van der Waals surface area contributed by atoms with Crippen molar-refractivity contribution in [1.29, 1.82) is 0 Å². The summed E-state index contributed by atoms with van der Waals surface area (Å²) in [6.45, 7) is 4.16. The van der Waals surface area contributed by atoms with Gasteiger partial charge in [-0.05, 0) is 13.0 Å². The second kappa shape index (κ2) is 5.79. The van der Waals surface area contributed by atoms with E-state index in [-0.39, 0.29) is 24.2 Å². The molecule has 14 heavy (non-hydrogen) atoms. The minimum atomic E-state index is -0.0439. The SMILES string of the molecule is C#CCC(=O)C1COCC1NCCC. The monoisotopic (exact) mass is 195 g/mol. The lowest BCUT2D eigenvalue weighted by atomic mass is 9.96. The Morgan fingerprint density at radius 2 is 2.43 bits per heavy atom. The molecule has 1 aliphatic rings. The van der Waals surface area contributed by atoms with E-state index in [1.807, 2.05) is 0 Å². The maximum absolute atomic E-state index is 11.6. The highest BCUT2D eigenvalue weighted by Crippen LogP contribution is 2.16. The Morgan fingerprint density at radius 1 is 1.64 bits per heavy atom. The number of rotatable bonds is 5. The molecule has 0 aromatic carbocycles. The Labute approximate surface area is 85.2 Å². The van der Waals surface area contributed by atoms with Crippen molar-refractivity contribution in [2.45, 2.75) is 25.8 Å². The Balaban J connectivity index is 2.42. The molecular formula is C11H17NO2. The van der Waals surface area contributed by atoms with Gasteiger partial charge < -0.3 is 10.1 Å². The fourth-order valence-electron chi connectivity index (χ4n) is 1.63. The van der Waals surface area contributed by atoms with Gasteiger partial charge in [-0.2, -0.15) is 0 Å². The molecule has 1 aliphatic heterocycles. The van der Waals surface area contributed by atoms with Crippen molar-refractivity contribution in [3.05, 3.63) is 0 Å². The molecule has 3 heteroatoms. The van der Waals surface area contributed by atoms with Gasteiger partial charge in [-0.25, -0.2) is 0 Å². The standard InChI is InChI=1S/C11H17NO2/c1-3-5-11(13)9-7-14-8-10(9)12-6-4-2/h1,9-10,12H,4-8H2,2H3. The van der Waals surface area contributed by atoms with Crippen LogP contribution in [0.15, 0.2) is 0 Å². The minimum Gasteiger partial charge on any atom is -0.379 e. The van der Waals surface area contributed by atoms with Crippen molar-refractivity contribution in [2.75, 3.05) is 19.8 Å². The van der Waals surface area contributed by atoms with E-state index < -0.39 is 0 Å². The quantitative estimate of drug-likeness (QED) is 0.653. The molecular weight excluding hydrogens is 178 g/mol. The maximum atomic E-state index is 11.6. The summed E-state index contributed by atoms with van der Waals surface area (Å²) in [7, 11) is 0. The summed E-state index contributed by atoms with van der Waals surface area (Å²) in [6, 6.07) is 0.163. The largest absolute Gasteiger partial charge is 0.379 e. The summed E-state index contributed by atoms with van der Waals surface area (Å²) < 4.78 is 5.28. The molecule has 0 aromatic rings. The lowest BCUT2D eigenvalue weighted by Gasteiger charge is -2.16. The molecule has 0 aliphatic carbocycles. The van der Waals surface area contributed by atoms with Crippen LogP contribution in [0.1, 0.15) is 19.8 Å². The molecule has 1 saturated heterocycles. The van der Waals surface area contributed by atoms with E-state index in [1.54, 1.807) is 0 Å². The third-order valence-electron chi connectivity index (χ3n) is 2.43. The predicted octanol–water partition coefficient (Wildman–Crippen LogP) is 0.593. The summed E-state index contributed by atoms with van der Waals surface area (Å²) in [5, 5.41) is 3.31. The summed E-state index contributed by atoms with van der Waals surface area (Å²) >= 11 is 0. The number of carbonyl (C=O) groups is 1. The van der Waals surface area contributed by atoms with Crippen molar-refractivity contribution < 1.29 is 9.53 Å². The van der Waals surface area contributed by atoms with Crippen LogP contribution >= 0.6 is 0 Å². The average molecular weight is 195 g/mol. The molecule has 0 aromatic heterocycles. The number of hydrogen-bond donors (Lipinski definition) is 1. The first-order valence-electron chi connectivity index (χ1n) is 5.07. The number of Topliss-reactive ketones (excluding diaryl/α,β-unsaturated/α-hetero) is 1. The van der Waals surface area contributed by atoms with Gasteiger partial charge in [0.25, 0.3) is 0 Å². The first kappa shape index (κ1) is 11.2. The van der Waals surface area contributed by atoms with Crippen LogP contribution in [0.3, 0.4) is 0 Å². The van der Waals surface area contributed by atoms with Crippen LogP contribution in [0, 0.1) is 18.3 Å². The zero-order chi connectivity index (χ0) is 10.4. The molecule has 3 nitrogen and oxygen atoms in total. The van der Waals surface area contributed by atoms with Crippen LogP contribution in [-0.2, 0) is 9.53 Å². The van der Waals surface area contributed by atoms with Crippen LogP contribution < -0.4 is 5.32 Å². The average Bonchev–Trinajstić information content (AvgIpc) is 2.63. The predicted molar refractivity (Wildman–Crippen MR) is 54.8 cm³/mol.